The minimum Gasteiger partial charge on any atom is -0.0877 e. The molecule has 1 aliphatic rings. The summed E-state index contributed by atoms with van der Waals surface area (Å²) in [6.45, 7) is 2.23. The lowest BCUT2D eigenvalue weighted by Crippen LogP contribution is -1.98. The largest absolute Gasteiger partial charge is 0.0877 e. The van der Waals surface area contributed by atoms with Crippen molar-refractivity contribution in [1.82, 2.24) is 0 Å². The van der Waals surface area contributed by atoms with Crippen LogP contribution in [0, 0.1) is 5.92 Å². The van der Waals surface area contributed by atoms with Gasteiger partial charge in [0, 0.05) is 0 Å². The molecule has 0 spiro atoms. The van der Waals surface area contributed by atoms with Crippen LogP contribution in [0.4, 0.5) is 0 Å². The Balaban J connectivity index is 2.21. The van der Waals surface area contributed by atoms with Crippen LogP contribution in [0.5, 0.6) is 0 Å². The minimum atomic E-state index is 0.935. The molecule has 0 fully saturated rings. The highest BCUT2D eigenvalue weighted by atomic mass is 14.1. The molecule has 0 saturated carbocycles. The van der Waals surface area contributed by atoms with E-state index in [-0.39, 0.29) is 0 Å². The molecule has 0 aromatic rings. The second-order valence-electron chi connectivity index (χ2n) is 1.83. The zero-order valence-corrected chi connectivity index (χ0v) is 4.15. The third kappa shape index (κ3) is 0.469. The predicted octanol–water partition coefficient (Wildman–Crippen LogP) is 1.97. The van der Waals surface area contributed by atoms with Crippen LogP contribution in [0.1, 0.15) is 19.8 Å². The Bertz CT molecular complexity index is 62.4. The average molecular weight is 82.1 g/mol. The van der Waals surface area contributed by atoms with Crippen LogP contribution in [0.3, 0.4) is 0 Å². The van der Waals surface area contributed by atoms with Gasteiger partial charge in [-0.05, 0) is 18.8 Å². The molecule has 1 atom stereocenters. The van der Waals surface area contributed by atoms with Crippen molar-refractivity contribution in [3.8, 4) is 0 Å². The average Bonchev–Trinajstić information content (AvgIpc) is 1.31. The molecule has 0 aromatic carbocycles. The van der Waals surface area contributed by atoms with Gasteiger partial charge in [0.15, 0.2) is 0 Å². The van der Waals surface area contributed by atoms with Gasteiger partial charge in [-0.3, -0.25) is 0 Å². The van der Waals surface area contributed by atoms with Crippen LogP contribution < -0.4 is 0 Å². The van der Waals surface area contributed by atoms with E-state index in [1.54, 1.807) is 0 Å². The zero-order chi connectivity index (χ0) is 4.41. The summed E-state index contributed by atoms with van der Waals surface area (Å²) in [5, 5.41) is 0. The van der Waals surface area contributed by atoms with E-state index in [9.17, 15) is 0 Å². The second kappa shape index (κ2) is 1.46. The van der Waals surface area contributed by atoms with E-state index in [2.05, 4.69) is 19.1 Å². The van der Waals surface area contributed by atoms with Crippen LogP contribution in [-0.4, -0.2) is 0 Å². The van der Waals surface area contributed by atoms with Crippen LogP contribution in [-0.2, 0) is 0 Å². The van der Waals surface area contributed by atoms with E-state index in [4.69, 9.17) is 0 Å². The highest BCUT2D eigenvalue weighted by molar-refractivity contribution is 5.00. The predicted molar refractivity (Wildman–Crippen MR) is 27.5 cm³/mol. The molecular formula is C6H10. The number of hydrogen-bond donors (Lipinski definition) is 0. The maximum Gasteiger partial charge on any atom is -0.0202 e. The highest BCUT2D eigenvalue weighted by Gasteiger charge is 2.04. The van der Waals surface area contributed by atoms with Crippen molar-refractivity contribution in [3.05, 3.63) is 12.2 Å². The van der Waals surface area contributed by atoms with Gasteiger partial charge in [-0.1, -0.05) is 19.1 Å². The summed E-state index contributed by atoms with van der Waals surface area (Å²) >= 11 is 0. The van der Waals surface area contributed by atoms with Crippen molar-refractivity contribution in [2.45, 2.75) is 19.8 Å². The van der Waals surface area contributed by atoms with E-state index < -0.39 is 0 Å². The first-order chi connectivity index (χ1) is 2.93. The van der Waals surface area contributed by atoms with E-state index in [1.165, 1.54) is 12.8 Å². The molecule has 0 aromatic heterocycles. The summed E-state index contributed by atoms with van der Waals surface area (Å²) in [6.07, 6.45) is 7.17. The van der Waals surface area contributed by atoms with Gasteiger partial charge in [-0.2, -0.15) is 0 Å². The van der Waals surface area contributed by atoms with Crippen LogP contribution in [0.25, 0.3) is 0 Å². The summed E-state index contributed by atoms with van der Waals surface area (Å²) in [4.78, 5) is 0. The molecule has 1 aliphatic carbocycles. The minimum absolute atomic E-state index is 0.935. The third-order valence-electron chi connectivity index (χ3n) is 1.37. The van der Waals surface area contributed by atoms with Gasteiger partial charge < -0.3 is 0 Å². The molecule has 0 saturated heterocycles. The molecule has 6 heavy (non-hydrogen) atoms. The van der Waals surface area contributed by atoms with Crippen molar-refractivity contribution in [1.29, 1.82) is 0 Å². The molecule has 0 N–H and O–H groups in total. The van der Waals surface area contributed by atoms with Crippen molar-refractivity contribution in [2.24, 2.45) is 5.92 Å². The molecular weight excluding hydrogens is 72.1 g/mol. The van der Waals surface area contributed by atoms with E-state index in [1.807, 2.05) is 0 Å². The highest BCUT2D eigenvalue weighted by Crippen LogP contribution is 2.18. The smallest absolute Gasteiger partial charge is 0.0202 e. The fourth-order valence-corrected chi connectivity index (χ4v) is 0.631. The van der Waals surface area contributed by atoms with Gasteiger partial charge >= 0.3 is 0 Å². The van der Waals surface area contributed by atoms with Gasteiger partial charge in [0.25, 0.3) is 0 Å². The Labute approximate surface area is 38.9 Å². The van der Waals surface area contributed by atoms with Gasteiger partial charge in [0.1, 0.15) is 0 Å². The van der Waals surface area contributed by atoms with Gasteiger partial charge in [-0.25, -0.2) is 0 Å². The molecule has 1 unspecified atom stereocenters. The lowest BCUT2D eigenvalue weighted by atomic mass is 9.93. The molecule has 0 heterocycles. The molecule has 0 radical (unpaired) electrons. The number of rotatable bonds is 1. The van der Waals surface area contributed by atoms with Crippen molar-refractivity contribution in [2.75, 3.05) is 0 Å². The molecule has 0 aliphatic heterocycles. The van der Waals surface area contributed by atoms with E-state index in [0.717, 1.165) is 5.92 Å². The number of hydrogen-bond acceptors (Lipinski definition) is 0. The first kappa shape index (κ1) is 3.91. The van der Waals surface area contributed by atoms with Gasteiger partial charge in [0.2, 0.25) is 0 Å². The summed E-state index contributed by atoms with van der Waals surface area (Å²) in [5.41, 5.74) is 0. The van der Waals surface area contributed by atoms with Crippen LogP contribution in [0.2, 0.25) is 0 Å². The van der Waals surface area contributed by atoms with E-state index in [0.29, 0.717) is 0 Å². The van der Waals surface area contributed by atoms with Crippen molar-refractivity contribution in [3.63, 3.8) is 0 Å². The summed E-state index contributed by atoms with van der Waals surface area (Å²) in [5.74, 6) is 0.935. The number of allylic oxidation sites excluding steroid dienone is 2. The molecule has 0 heteroatoms. The third-order valence-corrected chi connectivity index (χ3v) is 1.37. The first-order valence-electron chi connectivity index (χ1n) is 2.60. The normalized spacial score (nSPS) is 29.8. The van der Waals surface area contributed by atoms with Crippen LogP contribution >= 0.6 is 0 Å². The maximum absolute atomic E-state index is 2.28. The summed E-state index contributed by atoms with van der Waals surface area (Å²) in [7, 11) is 0. The quantitative estimate of drug-likeness (QED) is 0.424. The Morgan fingerprint density at radius 1 is 1.83 bits per heavy atom. The summed E-state index contributed by atoms with van der Waals surface area (Å²) in [6, 6.07) is 0. The molecule has 0 nitrogen and oxygen atoms in total. The fraction of sp³-hybridized carbons (Fsp3) is 0.667. The standard InChI is InChI=1S/C6H10/c1-2-6-4-3-5-6/h3-4,6H,2,5H2,1H3. The summed E-state index contributed by atoms with van der Waals surface area (Å²) < 4.78 is 0. The second-order valence-corrected chi connectivity index (χ2v) is 1.83. The lowest BCUT2D eigenvalue weighted by molar-refractivity contribution is 0.590. The molecule has 0 bridgehead atoms. The Hall–Kier alpha value is -0.260. The Kier molecular flexibility index (Phi) is 0.952. The topological polar surface area (TPSA) is 0 Å². The maximum atomic E-state index is 2.28. The van der Waals surface area contributed by atoms with E-state index >= 15 is 0 Å². The monoisotopic (exact) mass is 82.1 g/mol. The fourth-order valence-electron chi connectivity index (χ4n) is 0.631. The first-order valence-corrected chi connectivity index (χ1v) is 2.60. The lowest BCUT2D eigenvalue weighted by Gasteiger charge is -2.13. The van der Waals surface area contributed by atoms with Crippen molar-refractivity contribution >= 4 is 0 Å². The van der Waals surface area contributed by atoms with Crippen molar-refractivity contribution < 1.29 is 0 Å². The molecule has 1 rings (SSSR count). The van der Waals surface area contributed by atoms with Crippen LogP contribution in [0.15, 0.2) is 12.2 Å². The molecule has 34 valence electrons. The SMILES string of the molecule is CCC1C=CC1. The molecule has 0 amide bonds. The van der Waals surface area contributed by atoms with Gasteiger partial charge in [-0.15, -0.1) is 0 Å². The zero-order valence-electron chi connectivity index (χ0n) is 4.15. The Morgan fingerprint density at radius 2 is 2.50 bits per heavy atom. The Morgan fingerprint density at radius 3 is 2.50 bits per heavy atom. The van der Waals surface area contributed by atoms with Gasteiger partial charge in [0.05, 0.1) is 0 Å².